The zero-order valence-corrected chi connectivity index (χ0v) is 20.3. The normalized spacial score (nSPS) is 30.2. The van der Waals surface area contributed by atoms with Crippen LogP contribution in [0.1, 0.15) is 73.4 Å². The van der Waals surface area contributed by atoms with Gasteiger partial charge in [-0.3, -0.25) is 10.3 Å². The van der Waals surface area contributed by atoms with Gasteiger partial charge in [-0.15, -0.1) is 0 Å². The lowest BCUT2D eigenvalue weighted by molar-refractivity contribution is 0.0287. The number of hydrogen-bond acceptors (Lipinski definition) is 6. The van der Waals surface area contributed by atoms with E-state index in [2.05, 4.69) is 39.5 Å². The van der Waals surface area contributed by atoms with Gasteiger partial charge < -0.3 is 15.0 Å². The maximum atomic E-state index is 14.2. The molecule has 4 unspecified atom stereocenters. The molecule has 184 valence electrons. The Balaban J connectivity index is 1.13. The highest BCUT2D eigenvalue weighted by atomic mass is 19.1. The lowest BCUT2D eigenvalue weighted by Gasteiger charge is -2.46. The minimum atomic E-state index is -0.510. The van der Waals surface area contributed by atoms with Crippen LogP contribution in [0.2, 0.25) is 0 Å². The van der Waals surface area contributed by atoms with E-state index in [0.717, 1.165) is 68.7 Å². The Bertz CT molecular complexity index is 1050. The molecular formula is C26H37FN6O. The number of halogens is 1. The second-order valence-electron chi connectivity index (χ2n) is 10.7. The Morgan fingerprint density at radius 3 is 2.82 bits per heavy atom. The van der Waals surface area contributed by atoms with E-state index in [-0.39, 0.29) is 11.8 Å². The molecule has 0 radical (unpaired) electrons. The summed E-state index contributed by atoms with van der Waals surface area (Å²) in [6.45, 7) is 9.92. The minimum absolute atomic E-state index is 0.187. The van der Waals surface area contributed by atoms with Gasteiger partial charge in [-0.05, 0) is 67.3 Å². The monoisotopic (exact) mass is 468 g/mol. The van der Waals surface area contributed by atoms with Crippen LogP contribution in [-0.4, -0.2) is 63.1 Å². The van der Waals surface area contributed by atoms with E-state index in [1.54, 1.807) is 12.1 Å². The lowest BCUT2D eigenvalue weighted by Crippen LogP contribution is -2.59. The van der Waals surface area contributed by atoms with E-state index in [1.807, 2.05) is 0 Å². The standard InChI is InChI=1S/C26H37FN6O/c1-3-15-10-24(34)20(27)11-19(15)16-5-6-18-22(9-16)30-31-25(18)26-28-21-7-8-33(14-23(21)29-26)17-12-32(4-2)13-17/h10-11,16-18,22,25,30-31,34H,3-9,12-14H2,1-2H3,(H,28,29). The van der Waals surface area contributed by atoms with Crippen LogP contribution in [0.4, 0.5) is 4.39 Å². The summed E-state index contributed by atoms with van der Waals surface area (Å²) in [7, 11) is 0. The van der Waals surface area contributed by atoms with Crippen molar-refractivity contribution in [2.24, 2.45) is 5.92 Å². The average Bonchev–Trinajstić information content (AvgIpc) is 3.42. The average molecular weight is 469 g/mol. The third-order valence-electron chi connectivity index (χ3n) is 8.86. The number of benzene rings is 1. The number of nitrogens with one attached hydrogen (secondary N) is 3. The molecule has 1 aliphatic carbocycles. The fourth-order valence-electron chi connectivity index (χ4n) is 6.75. The molecule has 4 N–H and O–H groups in total. The number of aromatic nitrogens is 2. The summed E-state index contributed by atoms with van der Waals surface area (Å²) < 4.78 is 14.2. The number of phenols is 1. The largest absolute Gasteiger partial charge is 0.505 e. The van der Waals surface area contributed by atoms with E-state index in [0.29, 0.717) is 23.9 Å². The molecule has 1 aromatic carbocycles. The van der Waals surface area contributed by atoms with Crippen molar-refractivity contribution in [3.05, 3.63) is 46.3 Å². The van der Waals surface area contributed by atoms with Crippen LogP contribution in [-0.2, 0) is 19.4 Å². The number of likely N-dealkylation sites (N-methyl/N-ethyl adjacent to an activating group) is 1. The van der Waals surface area contributed by atoms with Crippen molar-refractivity contribution in [2.75, 3.05) is 26.2 Å². The topological polar surface area (TPSA) is 79.4 Å². The van der Waals surface area contributed by atoms with Gasteiger partial charge in [-0.1, -0.05) is 13.8 Å². The third kappa shape index (κ3) is 3.85. The molecule has 34 heavy (non-hydrogen) atoms. The molecule has 0 amide bonds. The van der Waals surface area contributed by atoms with Crippen LogP contribution < -0.4 is 10.9 Å². The summed E-state index contributed by atoms with van der Waals surface area (Å²) in [6.07, 6.45) is 4.89. The molecule has 3 fully saturated rings. The smallest absolute Gasteiger partial charge is 0.165 e. The van der Waals surface area contributed by atoms with E-state index >= 15 is 0 Å². The van der Waals surface area contributed by atoms with Crippen molar-refractivity contribution in [3.63, 3.8) is 0 Å². The summed E-state index contributed by atoms with van der Waals surface area (Å²) in [5, 5.41) is 9.81. The quantitative estimate of drug-likeness (QED) is 0.540. The van der Waals surface area contributed by atoms with E-state index in [1.165, 1.54) is 24.5 Å². The second kappa shape index (κ2) is 8.90. The molecule has 7 nitrogen and oxygen atoms in total. The summed E-state index contributed by atoms with van der Waals surface area (Å²) in [5.41, 5.74) is 11.7. The number of H-pyrrole nitrogens is 1. The lowest BCUT2D eigenvalue weighted by atomic mass is 9.73. The van der Waals surface area contributed by atoms with E-state index in [9.17, 15) is 9.50 Å². The Hall–Kier alpha value is -2.00. The molecule has 1 saturated carbocycles. The number of imidazole rings is 1. The van der Waals surface area contributed by atoms with Gasteiger partial charge in [0.25, 0.3) is 0 Å². The Morgan fingerprint density at radius 2 is 2.03 bits per heavy atom. The fourth-order valence-corrected chi connectivity index (χ4v) is 6.75. The minimum Gasteiger partial charge on any atom is -0.505 e. The fraction of sp³-hybridized carbons (Fsp3) is 0.654. The van der Waals surface area contributed by atoms with Crippen molar-refractivity contribution in [1.29, 1.82) is 0 Å². The highest BCUT2D eigenvalue weighted by Gasteiger charge is 2.43. The molecule has 2 saturated heterocycles. The number of aromatic amines is 1. The third-order valence-corrected chi connectivity index (χ3v) is 8.86. The van der Waals surface area contributed by atoms with Crippen LogP contribution in [0.15, 0.2) is 12.1 Å². The molecule has 4 heterocycles. The van der Waals surface area contributed by atoms with Crippen LogP contribution in [0.3, 0.4) is 0 Å². The SMILES string of the molecule is CCc1cc(O)c(F)cc1C1CCC2C(C1)NNC2c1nc2c([nH]1)CN(C1CN(CC)C1)CC2. The van der Waals surface area contributed by atoms with Crippen LogP contribution in [0.25, 0.3) is 0 Å². The number of hydrazine groups is 1. The number of aryl methyl sites for hydroxylation is 1. The first-order valence-electron chi connectivity index (χ1n) is 13.1. The maximum Gasteiger partial charge on any atom is 0.165 e. The molecule has 0 spiro atoms. The molecule has 4 atom stereocenters. The van der Waals surface area contributed by atoms with Crippen molar-refractivity contribution in [1.82, 2.24) is 30.6 Å². The number of rotatable bonds is 5. The highest BCUT2D eigenvalue weighted by Crippen LogP contribution is 2.44. The second-order valence-corrected chi connectivity index (χ2v) is 10.7. The predicted molar refractivity (Wildman–Crippen MR) is 129 cm³/mol. The first-order valence-corrected chi connectivity index (χ1v) is 13.1. The molecule has 2 aromatic rings. The van der Waals surface area contributed by atoms with Gasteiger partial charge in [0.2, 0.25) is 0 Å². The summed E-state index contributed by atoms with van der Waals surface area (Å²) in [6, 6.07) is 4.38. The van der Waals surface area contributed by atoms with Crippen LogP contribution in [0.5, 0.6) is 5.75 Å². The Labute approximate surface area is 201 Å². The van der Waals surface area contributed by atoms with E-state index < -0.39 is 5.82 Å². The van der Waals surface area contributed by atoms with Crippen molar-refractivity contribution in [3.8, 4) is 5.75 Å². The van der Waals surface area contributed by atoms with Crippen molar-refractivity contribution >= 4 is 0 Å². The Morgan fingerprint density at radius 1 is 1.18 bits per heavy atom. The first-order chi connectivity index (χ1) is 16.5. The number of phenolic OH excluding ortho intramolecular Hbond substituents is 1. The summed E-state index contributed by atoms with van der Waals surface area (Å²) in [5.74, 6) is 1.10. The van der Waals surface area contributed by atoms with E-state index in [4.69, 9.17) is 4.98 Å². The first kappa shape index (κ1) is 22.5. The van der Waals surface area contributed by atoms with Gasteiger partial charge >= 0.3 is 0 Å². The van der Waals surface area contributed by atoms with Crippen molar-refractivity contribution < 1.29 is 9.50 Å². The number of aromatic hydroxyl groups is 1. The van der Waals surface area contributed by atoms with Crippen molar-refractivity contribution in [2.45, 2.75) is 76.5 Å². The highest BCUT2D eigenvalue weighted by molar-refractivity contribution is 5.39. The van der Waals surface area contributed by atoms with Gasteiger partial charge in [-0.2, -0.15) is 0 Å². The molecule has 0 bridgehead atoms. The van der Waals surface area contributed by atoms with Gasteiger partial charge in [0, 0.05) is 44.7 Å². The molecule has 8 heteroatoms. The van der Waals surface area contributed by atoms with Gasteiger partial charge in [0.15, 0.2) is 11.6 Å². The predicted octanol–water partition coefficient (Wildman–Crippen LogP) is 2.98. The maximum absolute atomic E-state index is 14.2. The molecule has 6 rings (SSSR count). The molecule has 4 aliphatic rings. The summed E-state index contributed by atoms with van der Waals surface area (Å²) in [4.78, 5) is 13.9. The summed E-state index contributed by atoms with van der Waals surface area (Å²) >= 11 is 0. The van der Waals surface area contributed by atoms with Crippen LogP contribution >= 0.6 is 0 Å². The number of fused-ring (bicyclic) bond motifs is 2. The number of hydrogen-bond donors (Lipinski definition) is 4. The molecule has 3 aliphatic heterocycles. The van der Waals surface area contributed by atoms with Crippen LogP contribution in [0, 0.1) is 11.7 Å². The zero-order valence-electron chi connectivity index (χ0n) is 20.3. The zero-order chi connectivity index (χ0) is 23.4. The number of nitrogens with zero attached hydrogens (tertiary/aromatic N) is 3. The molecule has 1 aromatic heterocycles. The van der Waals surface area contributed by atoms with Gasteiger partial charge in [-0.25, -0.2) is 14.8 Å². The van der Waals surface area contributed by atoms with Gasteiger partial charge in [0.05, 0.1) is 17.4 Å². The number of likely N-dealkylation sites (tertiary alicyclic amines) is 1. The molecular weight excluding hydrogens is 431 g/mol. The van der Waals surface area contributed by atoms with Gasteiger partial charge in [0.1, 0.15) is 5.82 Å². The Kier molecular flexibility index (Phi) is 5.88.